The summed E-state index contributed by atoms with van der Waals surface area (Å²) in [5, 5.41) is 2.91. The molecule has 0 aliphatic carbocycles. The first-order valence-corrected chi connectivity index (χ1v) is 9.70. The number of rotatable bonds is 5. The van der Waals surface area contributed by atoms with Crippen molar-refractivity contribution in [3.63, 3.8) is 0 Å². The molecule has 5 nitrogen and oxygen atoms in total. The predicted molar refractivity (Wildman–Crippen MR) is 109 cm³/mol. The Morgan fingerprint density at radius 2 is 1.68 bits per heavy atom. The van der Waals surface area contributed by atoms with E-state index in [1.807, 2.05) is 39.0 Å². The summed E-state index contributed by atoms with van der Waals surface area (Å²) in [6.07, 6.45) is 0.741. The maximum absolute atomic E-state index is 12.4. The van der Waals surface area contributed by atoms with Crippen LogP contribution in [0.1, 0.15) is 53.5 Å². The predicted octanol–water partition coefficient (Wildman–Crippen LogP) is 3.65. The van der Waals surface area contributed by atoms with Gasteiger partial charge in [0.1, 0.15) is 6.10 Å². The van der Waals surface area contributed by atoms with Crippen LogP contribution in [0.5, 0.6) is 0 Å². The largest absolute Gasteiger partial charge is 0.457 e. The fourth-order valence-electron chi connectivity index (χ4n) is 3.27. The molecule has 1 N–H and O–H groups in total. The highest BCUT2D eigenvalue weighted by molar-refractivity contribution is 5.96. The number of nitrogens with zero attached hydrogens (tertiary/aromatic N) is 1. The minimum absolute atomic E-state index is 0.0972. The van der Waals surface area contributed by atoms with Gasteiger partial charge >= 0.3 is 5.97 Å². The monoisotopic (exact) mass is 380 g/mol. The van der Waals surface area contributed by atoms with Crippen molar-refractivity contribution < 1.29 is 14.3 Å². The Kier molecular flexibility index (Phi) is 6.15. The van der Waals surface area contributed by atoms with Crippen LogP contribution >= 0.6 is 0 Å². The van der Waals surface area contributed by atoms with E-state index < -0.39 is 0 Å². The van der Waals surface area contributed by atoms with Crippen LogP contribution in [0, 0.1) is 0 Å². The maximum Gasteiger partial charge on any atom is 0.338 e. The highest BCUT2D eigenvalue weighted by Gasteiger charge is 2.26. The first-order valence-electron chi connectivity index (χ1n) is 9.70. The van der Waals surface area contributed by atoms with Crippen LogP contribution in [0.4, 0.5) is 0 Å². The lowest BCUT2D eigenvalue weighted by atomic mass is 10.1. The first kappa shape index (κ1) is 20.1. The van der Waals surface area contributed by atoms with Gasteiger partial charge in [0.15, 0.2) is 0 Å². The molecule has 1 amide bonds. The van der Waals surface area contributed by atoms with Gasteiger partial charge in [-0.25, -0.2) is 4.79 Å². The minimum atomic E-state index is -0.339. The summed E-state index contributed by atoms with van der Waals surface area (Å²) in [5.74, 6) is -0.492. The Morgan fingerprint density at radius 1 is 1.04 bits per heavy atom. The molecule has 1 fully saturated rings. The molecule has 2 aromatic carbocycles. The van der Waals surface area contributed by atoms with Crippen LogP contribution in [-0.4, -0.2) is 41.5 Å². The third kappa shape index (κ3) is 5.67. The van der Waals surface area contributed by atoms with Crippen LogP contribution in [0.25, 0.3) is 0 Å². The van der Waals surface area contributed by atoms with Gasteiger partial charge in [-0.1, -0.05) is 30.3 Å². The van der Waals surface area contributed by atoms with Crippen LogP contribution in [0.15, 0.2) is 54.6 Å². The second kappa shape index (κ2) is 8.57. The van der Waals surface area contributed by atoms with Crippen molar-refractivity contribution in [2.24, 2.45) is 0 Å². The van der Waals surface area contributed by atoms with Crippen LogP contribution in [0.2, 0.25) is 0 Å². The van der Waals surface area contributed by atoms with E-state index in [1.165, 1.54) is 5.56 Å². The first-order chi connectivity index (χ1) is 13.3. The maximum atomic E-state index is 12.4. The van der Waals surface area contributed by atoms with E-state index in [0.29, 0.717) is 11.1 Å². The number of carbonyl (C=O) groups excluding carboxylic acids is 2. The zero-order valence-electron chi connectivity index (χ0n) is 16.8. The number of benzene rings is 2. The van der Waals surface area contributed by atoms with E-state index in [4.69, 9.17) is 4.74 Å². The summed E-state index contributed by atoms with van der Waals surface area (Å²) in [4.78, 5) is 26.9. The molecule has 148 valence electrons. The fourth-order valence-corrected chi connectivity index (χ4v) is 3.27. The highest BCUT2D eigenvalue weighted by atomic mass is 16.5. The van der Waals surface area contributed by atoms with Crippen LogP contribution < -0.4 is 5.32 Å². The average Bonchev–Trinajstić information content (AvgIpc) is 3.08. The molecule has 0 aromatic heterocycles. The standard InChI is InChI=1S/C23H28N2O3/c1-23(2,3)24-21(26)18-9-11-19(12-10-18)22(27)28-20-13-14-25(16-20)15-17-7-5-4-6-8-17/h4-12,20H,13-16H2,1-3H3,(H,24,26)/t20-/m1/s1. The molecule has 0 spiro atoms. The van der Waals surface area contributed by atoms with Gasteiger partial charge in [-0.2, -0.15) is 0 Å². The zero-order valence-corrected chi connectivity index (χ0v) is 16.8. The molecule has 0 saturated carbocycles. The van der Waals surface area contributed by atoms with Crippen molar-refractivity contribution in [2.45, 2.75) is 45.4 Å². The third-order valence-corrected chi connectivity index (χ3v) is 4.62. The fraction of sp³-hybridized carbons (Fsp3) is 0.391. The van der Waals surface area contributed by atoms with Crippen molar-refractivity contribution in [3.05, 3.63) is 71.3 Å². The molecule has 1 aliphatic rings. The number of amides is 1. The second-order valence-electron chi connectivity index (χ2n) is 8.32. The molecule has 0 radical (unpaired) electrons. The Hall–Kier alpha value is -2.66. The van der Waals surface area contributed by atoms with Gasteiger partial charge in [0, 0.05) is 30.7 Å². The lowest BCUT2D eigenvalue weighted by Crippen LogP contribution is -2.40. The molecular weight excluding hydrogens is 352 g/mol. The molecule has 28 heavy (non-hydrogen) atoms. The molecule has 5 heteroatoms. The molecule has 1 aliphatic heterocycles. The van der Waals surface area contributed by atoms with Crippen molar-refractivity contribution in [1.29, 1.82) is 0 Å². The Labute approximate surface area is 166 Å². The number of nitrogens with one attached hydrogen (secondary N) is 1. The molecule has 0 bridgehead atoms. The summed E-state index contributed by atoms with van der Waals surface area (Å²) >= 11 is 0. The lowest BCUT2D eigenvalue weighted by Gasteiger charge is -2.20. The van der Waals surface area contributed by atoms with Gasteiger partial charge in [-0.05, 0) is 57.0 Å². The van der Waals surface area contributed by atoms with Crippen LogP contribution in [-0.2, 0) is 11.3 Å². The summed E-state index contributed by atoms with van der Waals surface area (Å²) < 4.78 is 5.67. The van der Waals surface area contributed by atoms with E-state index in [2.05, 4.69) is 22.3 Å². The van der Waals surface area contributed by atoms with E-state index in [9.17, 15) is 9.59 Å². The summed E-state index contributed by atoms with van der Waals surface area (Å²) in [5.41, 5.74) is 1.96. The zero-order chi connectivity index (χ0) is 20.1. The summed E-state index contributed by atoms with van der Waals surface area (Å²) in [6.45, 7) is 8.32. The highest BCUT2D eigenvalue weighted by Crippen LogP contribution is 2.18. The van der Waals surface area contributed by atoms with Crippen molar-refractivity contribution in [2.75, 3.05) is 13.1 Å². The summed E-state index contributed by atoms with van der Waals surface area (Å²) in [6, 6.07) is 16.9. The summed E-state index contributed by atoms with van der Waals surface area (Å²) in [7, 11) is 0. The molecule has 2 aromatic rings. The number of ether oxygens (including phenoxy) is 1. The topological polar surface area (TPSA) is 58.6 Å². The lowest BCUT2D eigenvalue weighted by molar-refractivity contribution is 0.0320. The van der Waals surface area contributed by atoms with Gasteiger partial charge in [0.05, 0.1) is 5.56 Å². The van der Waals surface area contributed by atoms with E-state index >= 15 is 0 Å². The number of hydrogen-bond acceptors (Lipinski definition) is 4. The number of esters is 1. The van der Waals surface area contributed by atoms with E-state index in [-0.39, 0.29) is 23.5 Å². The number of likely N-dealkylation sites (tertiary alicyclic amines) is 1. The van der Waals surface area contributed by atoms with Crippen molar-refractivity contribution in [3.8, 4) is 0 Å². The molecule has 1 atom stereocenters. The van der Waals surface area contributed by atoms with Crippen molar-refractivity contribution in [1.82, 2.24) is 10.2 Å². The Balaban J connectivity index is 1.52. The van der Waals surface area contributed by atoms with E-state index in [1.54, 1.807) is 24.3 Å². The molecular formula is C23H28N2O3. The average molecular weight is 380 g/mol. The number of carbonyl (C=O) groups is 2. The van der Waals surface area contributed by atoms with Gasteiger partial charge in [0.25, 0.3) is 5.91 Å². The van der Waals surface area contributed by atoms with Gasteiger partial charge in [-0.15, -0.1) is 0 Å². The third-order valence-electron chi connectivity index (χ3n) is 4.62. The second-order valence-corrected chi connectivity index (χ2v) is 8.32. The molecule has 3 rings (SSSR count). The number of hydrogen-bond donors (Lipinski definition) is 1. The molecule has 1 heterocycles. The van der Waals surface area contributed by atoms with Gasteiger partial charge < -0.3 is 10.1 Å². The Morgan fingerprint density at radius 3 is 2.32 bits per heavy atom. The molecule has 0 unspecified atom stereocenters. The van der Waals surface area contributed by atoms with Crippen LogP contribution in [0.3, 0.4) is 0 Å². The Bertz CT molecular complexity index is 810. The van der Waals surface area contributed by atoms with E-state index in [0.717, 1.165) is 26.1 Å². The van der Waals surface area contributed by atoms with Crippen molar-refractivity contribution >= 4 is 11.9 Å². The van der Waals surface area contributed by atoms with Gasteiger partial charge in [0.2, 0.25) is 0 Å². The quantitative estimate of drug-likeness (QED) is 0.805. The smallest absolute Gasteiger partial charge is 0.338 e. The molecule has 1 saturated heterocycles. The normalized spacial score (nSPS) is 17.3. The van der Waals surface area contributed by atoms with Gasteiger partial charge in [-0.3, -0.25) is 9.69 Å². The SMILES string of the molecule is CC(C)(C)NC(=O)c1ccc(C(=O)O[C@@H]2CCN(Cc3ccccc3)C2)cc1. The minimum Gasteiger partial charge on any atom is -0.457 e.